The number of rotatable bonds is 6. The highest BCUT2D eigenvalue weighted by Crippen LogP contribution is 2.36. The van der Waals surface area contributed by atoms with Gasteiger partial charge < -0.3 is 15.0 Å². The van der Waals surface area contributed by atoms with E-state index in [1.807, 2.05) is 30.3 Å². The number of nitrogens with zero attached hydrogens (tertiary/aromatic N) is 3. The van der Waals surface area contributed by atoms with Crippen LogP contribution in [0, 0.1) is 0 Å². The third kappa shape index (κ3) is 5.25. The molecule has 3 aromatic carbocycles. The minimum absolute atomic E-state index is 0.0515. The number of imidazole rings is 1. The summed E-state index contributed by atoms with van der Waals surface area (Å²) in [5.41, 5.74) is 7.94. The van der Waals surface area contributed by atoms with E-state index in [0.717, 1.165) is 47.5 Å². The zero-order chi connectivity index (χ0) is 27.0. The van der Waals surface area contributed by atoms with Crippen LogP contribution in [0.4, 0.5) is 11.6 Å². The summed E-state index contributed by atoms with van der Waals surface area (Å²) in [6, 6.07) is 27.6. The molecular formula is C33H35N5O. The van der Waals surface area contributed by atoms with Crippen LogP contribution in [0.1, 0.15) is 56.0 Å². The number of anilines is 2. The molecule has 2 aromatic heterocycles. The maximum atomic E-state index is 6.34. The molecule has 1 aliphatic rings. The second kappa shape index (κ2) is 10.2. The van der Waals surface area contributed by atoms with E-state index in [4.69, 9.17) is 9.72 Å². The van der Waals surface area contributed by atoms with Crippen LogP contribution < -0.4 is 10.1 Å². The summed E-state index contributed by atoms with van der Waals surface area (Å²) in [6.45, 7) is 10.9. The number of benzene rings is 3. The number of aromatic nitrogens is 3. The van der Waals surface area contributed by atoms with Crippen molar-refractivity contribution < 1.29 is 4.74 Å². The highest BCUT2D eigenvalue weighted by Gasteiger charge is 2.23. The van der Waals surface area contributed by atoms with Crippen molar-refractivity contribution in [3.05, 3.63) is 107 Å². The summed E-state index contributed by atoms with van der Waals surface area (Å²) in [4.78, 5) is 15.3. The molecule has 5 aromatic rings. The first-order valence-electron chi connectivity index (χ1n) is 13.6. The Kier molecular flexibility index (Phi) is 6.57. The fourth-order valence-electron chi connectivity index (χ4n) is 5.38. The van der Waals surface area contributed by atoms with Crippen LogP contribution >= 0.6 is 0 Å². The Morgan fingerprint density at radius 1 is 0.949 bits per heavy atom. The average molecular weight is 518 g/mol. The normalized spacial score (nSPS) is 14.7. The van der Waals surface area contributed by atoms with E-state index >= 15 is 0 Å². The average Bonchev–Trinajstić information content (AvgIpc) is 3.35. The molecule has 0 spiro atoms. The molecule has 2 N–H and O–H groups in total. The Morgan fingerprint density at radius 2 is 1.74 bits per heavy atom. The number of para-hydroxylation sites is 1. The van der Waals surface area contributed by atoms with Crippen LogP contribution in [-0.4, -0.2) is 26.4 Å². The highest BCUT2D eigenvalue weighted by atomic mass is 16.5. The van der Waals surface area contributed by atoms with Gasteiger partial charge in [0.15, 0.2) is 0 Å². The maximum Gasteiger partial charge on any atom is 0.243 e. The van der Waals surface area contributed by atoms with Crippen molar-refractivity contribution in [3.63, 3.8) is 0 Å². The lowest BCUT2D eigenvalue weighted by atomic mass is 9.86. The van der Waals surface area contributed by atoms with Crippen LogP contribution in [0.25, 0.3) is 11.0 Å². The fourth-order valence-corrected chi connectivity index (χ4v) is 5.38. The van der Waals surface area contributed by atoms with Gasteiger partial charge in [0.2, 0.25) is 11.8 Å². The van der Waals surface area contributed by atoms with E-state index in [-0.39, 0.29) is 5.41 Å². The first-order valence-corrected chi connectivity index (χ1v) is 13.6. The van der Waals surface area contributed by atoms with Crippen LogP contribution in [0.3, 0.4) is 0 Å². The molecule has 6 heteroatoms. The molecule has 0 bridgehead atoms. The van der Waals surface area contributed by atoms with Crippen LogP contribution in [0.5, 0.6) is 11.6 Å². The highest BCUT2D eigenvalue weighted by molar-refractivity contribution is 5.79. The van der Waals surface area contributed by atoms with Gasteiger partial charge in [-0.3, -0.25) is 4.90 Å². The second-order valence-corrected chi connectivity index (χ2v) is 11.4. The number of fused-ring (bicyclic) bond motifs is 2. The van der Waals surface area contributed by atoms with E-state index in [9.17, 15) is 0 Å². The van der Waals surface area contributed by atoms with E-state index in [2.05, 4.69) is 96.4 Å². The van der Waals surface area contributed by atoms with E-state index < -0.39 is 0 Å². The predicted octanol–water partition coefficient (Wildman–Crippen LogP) is 7.91. The Balaban J connectivity index is 1.22. The van der Waals surface area contributed by atoms with Gasteiger partial charge in [-0.15, -0.1) is 0 Å². The molecule has 1 atom stereocenters. The first kappa shape index (κ1) is 25.1. The van der Waals surface area contributed by atoms with Crippen molar-refractivity contribution in [2.24, 2.45) is 0 Å². The standard InChI is InChI=1S/C33H35N5O/c1-22(38-19-17-23-10-5-6-11-25(23)21-38)24-15-16-27-29(20-24)37-32(35-27)36-28-13-9-18-34-31(28)39-30-14-8-7-12-26(30)33(2,3)4/h5-16,18,20,22H,17,19,21H2,1-4H3,(H2,35,36,37). The minimum Gasteiger partial charge on any atom is -0.437 e. The SMILES string of the molecule is CC(c1ccc2nc(Nc3cccnc3Oc3ccccc3C(C)(C)C)[nH]c2c1)N1CCc2ccccc2C1. The van der Waals surface area contributed by atoms with E-state index in [1.165, 1.54) is 16.7 Å². The molecule has 6 nitrogen and oxygen atoms in total. The third-order valence-electron chi connectivity index (χ3n) is 7.62. The first-order chi connectivity index (χ1) is 18.8. The Labute approximate surface area is 230 Å². The van der Waals surface area contributed by atoms with Crippen molar-refractivity contribution in [2.45, 2.75) is 52.1 Å². The molecule has 1 aliphatic heterocycles. The minimum atomic E-state index is -0.0515. The maximum absolute atomic E-state index is 6.34. The molecule has 0 saturated carbocycles. The van der Waals surface area contributed by atoms with Gasteiger partial charge in [0.05, 0.1) is 11.0 Å². The summed E-state index contributed by atoms with van der Waals surface area (Å²) in [5, 5.41) is 3.40. The van der Waals surface area contributed by atoms with Gasteiger partial charge in [0.25, 0.3) is 0 Å². The molecule has 3 heterocycles. The van der Waals surface area contributed by atoms with Gasteiger partial charge in [-0.05, 0) is 65.8 Å². The molecule has 0 saturated heterocycles. The van der Waals surface area contributed by atoms with Gasteiger partial charge in [0.1, 0.15) is 11.4 Å². The van der Waals surface area contributed by atoms with Crippen molar-refractivity contribution in [1.82, 2.24) is 19.9 Å². The molecule has 198 valence electrons. The van der Waals surface area contributed by atoms with E-state index in [1.54, 1.807) is 6.20 Å². The van der Waals surface area contributed by atoms with Gasteiger partial charge in [-0.1, -0.05) is 69.3 Å². The molecule has 0 fully saturated rings. The number of hydrogen-bond donors (Lipinski definition) is 2. The Bertz CT molecular complexity index is 1620. The third-order valence-corrected chi connectivity index (χ3v) is 7.62. The lowest BCUT2D eigenvalue weighted by Crippen LogP contribution is -2.32. The van der Waals surface area contributed by atoms with Crippen molar-refractivity contribution in [2.75, 3.05) is 11.9 Å². The van der Waals surface area contributed by atoms with Crippen molar-refractivity contribution in [3.8, 4) is 11.6 Å². The van der Waals surface area contributed by atoms with Crippen LogP contribution in [-0.2, 0) is 18.4 Å². The summed E-state index contributed by atoms with van der Waals surface area (Å²) >= 11 is 0. The number of hydrogen-bond acceptors (Lipinski definition) is 5. The van der Waals surface area contributed by atoms with Crippen LogP contribution in [0.2, 0.25) is 0 Å². The summed E-state index contributed by atoms with van der Waals surface area (Å²) < 4.78 is 6.34. The topological polar surface area (TPSA) is 66.1 Å². The van der Waals surface area contributed by atoms with Gasteiger partial charge in [-0.2, -0.15) is 0 Å². The largest absolute Gasteiger partial charge is 0.437 e. The summed E-state index contributed by atoms with van der Waals surface area (Å²) in [5.74, 6) is 1.97. The quantitative estimate of drug-likeness (QED) is 0.240. The monoisotopic (exact) mass is 517 g/mol. The van der Waals surface area contributed by atoms with E-state index in [0.29, 0.717) is 17.9 Å². The number of nitrogens with one attached hydrogen (secondary N) is 2. The molecule has 0 radical (unpaired) electrons. The number of pyridine rings is 1. The fraction of sp³-hybridized carbons (Fsp3) is 0.273. The van der Waals surface area contributed by atoms with Crippen molar-refractivity contribution in [1.29, 1.82) is 0 Å². The van der Waals surface area contributed by atoms with Gasteiger partial charge in [0, 0.05) is 30.9 Å². The smallest absolute Gasteiger partial charge is 0.243 e. The summed E-state index contributed by atoms with van der Waals surface area (Å²) in [6.07, 6.45) is 2.84. The number of ether oxygens (including phenoxy) is 1. The lowest BCUT2D eigenvalue weighted by Gasteiger charge is -2.34. The number of aromatic amines is 1. The molecular weight excluding hydrogens is 482 g/mol. The lowest BCUT2D eigenvalue weighted by molar-refractivity contribution is 0.192. The molecule has 6 rings (SSSR count). The molecule has 0 amide bonds. The Hall–Kier alpha value is -4.16. The second-order valence-electron chi connectivity index (χ2n) is 11.4. The Morgan fingerprint density at radius 3 is 2.59 bits per heavy atom. The molecule has 0 aliphatic carbocycles. The molecule has 1 unspecified atom stereocenters. The predicted molar refractivity (Wildman–Crippen MR) is 158 cm³/mol. The zero-order valence-electron chi connectivity index (χ0n) is 23.0. The molecule has 39 heavy (non-hydrogen) atoms. The van der Waals surface area contributed by atoms with Crippen LogP contribution in [0.15, 0.2) is 85.1 Å². The van der Waals surface area contributed by atoms with Gasteiger partial charge >= 0.3 is 0 Å². The van der Waals surface area contributed by atoms with Gasteiger partial charge in [-0.25, -0.2) is 9.97 Å². The number of H-pyrrole nitrogens is 1. The van der Waals surface area contributed by atoms with Crippen molar-refractivity contribution >= 4 is 22.7 Å². The summed E-state index contributed by atoms with van der Waals surface area (Å²) in [7, 11) is 0. The zero-order valence-corrected chi connectivity index (χ0v) is 23.0.